The van der Waals surface area contributed by atoms with Crippen molar-refractivity contribution in [2.75, 3.05) is 6.54 Å². The van der Waals surface area contributed by atoms with Crippen LogP contribution in [0.1, 0.15) is 47.4 Å². The minimum Gasteiger partial charge on any atom is -0.326 e. The van der Waals surface area contributed by atoms with Crippen LogP contribution >= 0.6 is 11.6 Å². The first kappa shape index (κ1) is 24.1. The van der Waals surface area contributed by atoms with E-state index in [2.05, 4.69) is 10.2 Å². The third-order valence-corrected chi connectivity index (χ3v) is 6.72. The summed E-state index contributed by atoms with van der Waals surface area (Å²) in [7, 11) is 0. The molecule has 0 aliphatic carbocycles. The normalized spacial score (nSPS) is 16.0. The Labute approximate surface area is 205 Å². The molecule has 1 heterocycles. The van der Waals surface area contributed by atoms with E-state index in [-0.39, 0.29) is 30.2 Å². The number of imide groups is 1. The number of amides is 2. The highest BCUT2D eigenvalue weighted by Gasteiger charge is 2.32. The van der Waals surface area contributed by atoms with Gasteiger partial charge in [-0.15, -0.1) is 0 Å². The molecule has 1 saturated heterocycles. The van der Waals surface area contributed by atoms with Crippen LogP contribution in [0.4, 0.5) is 0 Å². The van der Waals surface area contributed by atoms with Crippen LogP contribution in [0, 0.1) is 0 Å². The number of likely N-dealkylation sites (tertiary alicyclic amines) is 1. The third-order valence-electron chi connectivity index (χ3n) is 6.48. The molecule has 1 aliphatic rings. The predicted octanol–water partition coefficient (Wildman–Crippen LogP) is 4.63. The second-order valence-electron chi connectivity index (χ2n) is 8.74. The van der Waals surface area contributed by atoms with E-state index in [0.29, 0.717) is 18.1 Å². The smallest absolute Gasteiger partial charge is 0.243 e. The lowest BCUT2D eigenvalue weighted by Crippen LogP contribution is -2.45. The molecule has 6 heteroatoms. The maximum Gasteiger partial charge on any atom is 0.243 e. The summed E-state index contributed by atoms with van der Waals surface area (Å²) in [5.74, 6) is -0.618. The topological polar surface area (TPSA) is 75.4 Å². The van der Waals surface area contributed by atoms with Crippen molar-refractivity contribution in [2.45, 2.75) is 44.3 Å². The van der Waals surface area contributed by atoms with Crippen LogP contribution in [0.3, 0.4) is 0 Å². The van der Waals surface area contributed by atoms with Gasteiger partial charge in [-0.05, 0) is 53.8 Å². The summed E-state index contributed by atoms with van der Waals surface area (Å²) in [6, 6.07) is 25.2. The van der Waals surface area contributed by atoms with Crippen LogP contribution < -0.4 is 11.1 Å². The van der Waals surface area contributed by atoms with Crippen molar-refractivity contribution >= 4 is 23.4 Å². The zero-order valence-electron chi connectivity index (χ0n) is 19.1. The van der Waals surface area contributed by atoms with Crippen molar-refractivity contribution in [1.29, 1.82) is 0 Å². The molecule has 3 aromatic rings. The summed E-state index contributed by atoms with van der Waals surface area (Å²) >= 11 is 6.19. The minimum absolute atomic E-state index is 0.117. The van der Waals surface area contributed by atoms with Gasteiger partial charge in [-0.25, -0.2) is 0 Å². The standard InChI is InChI=1S/C28H30ClN3O2/c29-24-14-13-22(18-30)23(16-24)19-32-15-7-12-26(32)28(34)31-27(33)17-25(20-8-3-1-4-9-20)21-10-5-2-6-11-21/h1-6,8-11,13-14,16,25-26H,7,12,15,17-19,30H2,(H,31,33,34)/t26-/m0/s1. The Balaban J connectivity index is 1.44. The fourth-order valence-corrected chi connectivity index (χ4v) is 4.92. The van der Waals surface area contributed by atoms with Gasteiger partial charge >= 0.3 is 0 Å². The summed E-state index contributed by atoms with van der Waals surface area (Å²) in [4.78, 5) is 28.2. The number of rotatable bonds is 8. The number of nitrogens with one attached hydrogen (secondary N) is 1. The molecule has 5 nitrogen and oxygen atoms in total. The number of nitrogens with two attached hydrogens (primary N) is 1. The third kappa shape index (κ3) is 5.92. The molecular formula is C28H30ClN3O2. The molecule has 34 heavy (non-hydrogen) atoms. The van der Waals surface area contributed by atoms with Gasteiger partial charge in [-0.1, -0.05) is 78.3 Å². The van der Waals surface area contributed by atoms with Crippen molar-refractivity contribution < 1.29 is 9.59 Å². The van der Waals surface area contributed by atoms with Crippen LogP contribution in [-0.2, 0) is 22.7 Å². The van der Waals surface area contributed by atoms with E-state index in [4.69, 9.17) is 17.3 Å². The highest BCUT2D eigenvalue weighted by molar-refractivity contribution is 6.30. The fraction of sp³-hybridized carbons (Fsp3) is 0.286. The van der Waals surface area contributed by atoms with E-state index >= 15 is 0 Å². The number of carbonyl (C=O) groups excluding carboxylic acids is 2. The van der Waals surface area contributed by atoms with Crippen molar-refractivity contribution in [3.63, 3.8) is 0 Å². The van der Waals surface area contributed by atoms with Gasteiger partial charge in [0.15, 0.2) is 0 Å². The van der Waals surface area contributed by atoms with Gasteiger partial charge in [0.05, 0.1) is 6.04 Å². The summed E-state index contributed by atoms with van der Waals surface area (Å²) in [5, 5.41) is 3.33. The van der Waals surface area contributed by atoms with Gasteiger partial charge in [-0.3, -0.25) is 19.8 Å². The molecule has 3 N–H and O–H groups in total. The van der Waals surface area contributed by atoms with E-state index in [1.807, 2.05) is 78.9 Å². The van der Waals surface area contributed by atoms with Gasteiger partial charge in [0, 0.05) is 30.5 Å². The fourth-order valence-electron chi connectivity index (χ4n) is 4.73. The Morgan fingerprint density at radius 2 is 1.62 bits per heavy atom. The Bertz CT molecular complexity index is 1080. The first-order valence-electron chi connectivity index (χ1n) is 11.7. The van der Waals surface area contributed by atoms with Gasteiger partial charge in [-0.2, -0.15) is 0 Å². The molecule has 0 radical (unpaired) electrons. The molecule has 0 unspecified atom stereocenters. The van der Waals surface area contributed by atoms with Gasteiger partial charge in [0.2, 0.25) is 11.8 Å². The number of halogens is 1. The molecule has 176 valence electrons. The predicted molar refractivity (Wildman–Crippen MR) is 135 cm³/mol. The van der Waals surface area contributed by atoms with E-state index < -0.39 is 0 Å². The summed E-state index contributed by atoms with van der Waals surface area (Å²) in [5.41, 5.74) is 10.0. The molecule has 2 amide bonds. The number of benzene rings is 3. The Kier molecular flexibility index (Phi) is 8.12. The van der Waals surface area contributed by atoms with E-state index in [1.165, 1.54) is 0 Å². The van der Waals surface area contributed by atoms with Crippen molar-refractivity contribution in [1.82, 2.24) is 10.2 Å². The van der Waals surface area contributed by atoms with Crippen molar-refractivity contribution in [3.8, 4) is 0 Å². The zero-order chi connectivity index (χ0) is 23.9. The van der Waals surface area contributed by atoms with E-state index in [9.17, 15) is 9.59 Å². The van der Waals surface area contributed by atoms with Crippen molar-refractivity contribution in [2.24, 2.45) is 5.73 Å². The molecule has 0 bridgehead atoms. The highest BCUT2D eigenvalue weighted by Crippen LogP contribution is 2.28. The van der Waals surface area contributed by atoms with Crippen LogP contribution in [-0.4, -0.2) is 29.3 Å². The molecule has 4 rings (SSSR count). The maximum atomic E-state index is 13.1. The first-order valence-corrected chi connectivity index (χ1v) is 12.1. The van der Waals surface area contributed by atoms with Crippen LogP contribution in [0.15, 0.2) is 78.9 Å². The number of hydrogen-bond donors (Lipinski definition) is 2. The van der Waals surface area contributed by atoms with Crippen molar-refractivity contribution in [3.05, 3.63) is 106 Å². The largest absolute Gasteiger partial charge is 0.326 e. The molecule has 3 aromatic carbocycles. The SMILES string of the molecule is NCc1ccc(Cl)cc1CN1CCC[C@H]1C(=O)NC(=O)CC(c1ccccc1)c1ccccc1. The number of carbonyl (C=O) groups is 2. The van der Waals surface area contributed by atoms with E-state index in [1.54, 1.807) is 0 Å². The van der Waals surface area contributed by atoms with Gasteiger partial charge < -0.3 is 5.73 Å². The monoisotopic (exact) mass is 475 g/mol. The van der Waals surface area contributed by atoms with E-state index in [0.717, 1.165) is 41.6 Å². The average Bonchev–Trinajstić information content (AvgIpc) is 3.32. The molecule has 0 spiro atoms. The lowest BCUT2D eigenvalue weighted by molar-refractivity contribution is -0.133. The molecule has 1 aliphatic heterocycles. The lowest BCUT2D eigenvalue weighted by Gasteiger charge is -2.25. The minimum atomic E-state index is -0.347. The lowest BCUT2D eigenvalue weighted by atomic mass is 9.88. The van der Waals surface area contributed by atoms with Gasteiger partial charge in [0.1, 0.15) is 0 Å². The Morgan fingerprint density at radius 1 is 0.971 bits per heavy atom. The summed E-state index contributed by atoms with van der Waals surface area (Å²) in [6.45, 7) is 1.78. The molecule has 0 saturated carbocycles. The average molecular weight is 476 g/mol. The van der Waals surface area contributed by atoms with Crippen LogP contribution in [0.5, 0.6) is 0 Å². The number of nitrogens with zero attached hydrogens (tertiary/aromatic N) is 1. The number of hydrogen-bond acceptors (Lipinski definition) is 4. The highest BCUT2D eigenvalue weighted by atomic mass is 35.5. The Hall–Kier alpha value is -2.99. The molecular weight excluding hydrogens is 446 g/mol. The second-order valence-corrected chi connectivity index (χ2v) is 9.17. The molecule has 0 aromatic heterocycles. The maximum absolute atomic E-state index is 13.1. The molecule has 1 atom stereocenters. The first-order chi connectivity index (χ1) is 16.5. The second kappa shape index (κ2) is 11.4. The summed E-state index contributed by atoms with van der Waals surface area (Å²) in [6.07, 6.45) is 1.83. The van der Waals surface area contributed by atoms with Crippen LogP contribution in [0.25, 0.3) is 0 Å². The van der Waals surface area contributed by atoms with Gasteiger partial charge in [0.25, 0.3) is 0 Å². The summed E-state index contributed by atoms with van der Waals surface area (Å²) < 4.78 is 0. The Morgan fingerprint density at radius 3 is 2.24 bits per heavy atom. The van der Waals surface area contributed by atoms with Crippen LogP contribution in [0.2, 0.25) is 5.02 Å². The zero-order valence-corrected chi connectivity index (χ0v) is 19.9. The quantitative estimate of drug-likeness (QED) is 0.498. The molecule has 1 fully saturated rings.